The maximum atomic E-state index is 4.25. The predicted molar refractivity (Wildman–Crippen MR) is 74.9 cm³/mol. The van der Waals surface area contributed by atoms with Crippen molar-refractivity contribution in [3.8, 4) is 0 Å². The Bertz CT molecular complexity index is 411. The van der Waals surface area contributed by atoms with E-state index in [0.29, 0.717) is 0 Å². The molecule has 0 saturated heterocycles. The molecule has 0 radical (unpaired) electrons. The van der Waals surface area contributed by atoms with Crippen molar-refractivity contribution < 1.29 is 0 Å². The summed E-state index contributed by atoms with van der Waals surface area (Å²) in [6.45, 7) is 5.08. The number of thiophene rings is 1. The fourth-order valence-electron chi connectivity index (χ4n) is 1.58. The first-order chi connectivity index (χ1) is 7.84. The molecule has 2 aromatic heterocycles. The Balaban J connectivity index is 0.00000144. The molecule has 0 aromatic carbocycles. The average Bonchev–Trinajstić information content (AvgIpc) is 2.89. The minimum absolute atomic E-state index is 0. The SMILES string of the molecule is Cc1cnn(CCCNCc2cccs2)c1.Cl. The molecule has 0 aliphatic rings. The minimum atomic E-state index is 0. The van der Waals surface area contributed by atoms with Crippen molar-refractivity contribution in [3.05, 3.63) is 40.3 Å². The quantitative estimate of drug-likeness (QED) is 0.819. The molecule has 2 rings (SSSR count). The number of hydrogen-bond donors (Lipinski definition) is 1. The maximum absolute atomic E-state index is 4.25. The van der Waals surface area contributed by atoms with Crippen LogP contribution in [0.5, 0.6) is 0 Å². The molecule has 3 nitrogen and oxygen atoms in total. The molecule has 94 valence electrons. The summed E-state index contributed by atoms with van der Waals surface area (Å²) >= 11 is 1.80. The van der Waals surface area contributed by atoms with Crippen LogP contribution in [0.1, 0.15) is 16.9 Å². The number of rotatable bonds is 6. The van der Waals surface area contributed by atoms with Crippen molar-refractivity contribution in [2.45, 2.75) is 26.4 Å². The van der Waals surface area contributed by atoms with Gasteiger partial charge in [0.15, 0.2) is 0 Å². The molecule has 0 fully saturated rings. The van der Waals surface area contributed by atoms with E-state index in [1.807, 2.05) is 10.9 Å². The zero-order valence-electron chi connectivity index (χ0n) is 9.93. The molecule has 0 spiro atoms. The van der Waals surface area contributed by atoms with Gasteiger partial charge in [-0.25, -0.2) is 0 Å². The van der Waals surface area contributed by atoms with Gasteiger partial charge in [-0.05, 0) is 36.9 Å². The Morgan fingerprint density at radius 2 is 2.35 bits per heavy atom. The van der Waals surface area contributed by atoms with Crippen LogP contribution in [-0.2, 0) is 13.1 Å². The van der Waals surface area contributed by atoms with Crippen LogP contribution in [0.3, 0.4) is 0 Å². The van der Waals surface area contributed by atoms with Crippen LogP contribution in [0, 0.1) is 6.92 Å². The third-order valence-electron chi connectivity index (χ3n) is 2.38. The van der Waals surface area contributed by atoms with Crippen LogP contribution in [0.4, 0.5) is 0 Å². The van der Waals surface area contributed by atoms with Crippen molar-refractivity contribution in [2.75, 3.05) is 6.54 Å². The van der Waals surface area contributed by atoms with E-state index in [4.69, 9.17) is 0 Å². The van der Waals surface area contributed by atoms with Gasteiger partial charge in [0.1, 0.15) is 0 Å². The normalized spacial score (nSPS) is 10.2. The van der Waals surface area contributed by atoms with Gasteiger partial charge in [0.05, 0.1) is 6.20 Å². The van der Waals surface area contributed by atoms with Crippen LogP contribution < -0.4 is 5.32 Å². The highest BCUT2D eigenvalue weighted by molar-refractivity contribution is 7.09. The summed E-state index contributed by atoms with van der Waals surface area (Å²) < 4.78 is 2.00. The third-order valence-corrected chi connectivity index (χ3v) is 3.26. The number of halogens is 1. The molecule has 5 heteroatoms. The van der Waals surface area contributed by atoms with Crippen LogP contribution >= 0.6 is 23.7 Å². The van der Waals surface area contributed by atoms with E-state index in [-0.39, 0.29) is 12.4 Å². The Morgan fingerprint density at radius 3 is 3.00 bits per heavy atom. The van der Waals surface area contributed by atoms with Gasteiger partial charge in [0, 0.05) is 24.2 Å². The molecule has 0 aliphatic heterocycles. The van der Waals surface area contributed by atoms with Crippen molar-refractivity contribution in [3.63, 3.8) is 0 Å². The zero-order valence-corrected chi connectivity index (χ0v) is 11.6. The molecule has 17 heavy (non-hydrogen) atoms. The van der Waals surface area contributed by atoms with Gasteiger partial charge in [-0.2, -0.15) is 5.10 Å². The Morgan fingerprint density at radius 1 is 1.47 bits per heavy atom. The molecule has 0 bridgehead atoms. The molecular weight excluding hydrogens is 254 g/mol. The van der Waals surface area contributed by atoms with E-state index in [9.17, 15) is 0 Å². The largest absolute Gasteiger partial charge is 0.312 e. The first-order valence-corrected chi connectivity index (χ1v) is 6.45. The second kappa shape index (κ2) is 7.48. The highest BCUT2D eigenvalue weighted by Crippen LogP contribution is 2.07. The first kappa shape index (κ1) is 14.2. The Labute approximate surface area is 112 Å². The average molecular weight is 272 g/mol. The van der Waals surface area contributed by atoms with Crippen LogP contribution in [0.25, 0.3) is 0 Å². The molecule has 0 saturated carbocycles. The molecule has 1 N–H and O–H groups in total. The lowest BCUT2D eigenvalue weighted by atomic mass is 10.4. The number of nitrogens with one attached hydrogen (secondary N) is 1. The fourth-order valence-corrected chi connectivity index (χ4v) is 2.25. The highest BCUT2D eigenvalue weighted by atomic mass is 35.5. The molecular formula is C12H18ClN3S. The molecule has 0 aliphatic carbocycles. The lowest BCUT2D eigenvalue weighted by Gasteiger charge is -2.03. The topological polar surface area (TPSA) is 29.9 Å². The van der Waals surface area contributed by atoms with Gasteiger partial charge in [-0.15, -0.1) is 23.7 Å². The Hall–Kier alpha value is -0.840. The van der Waals surface area contributed by atoms with E-state index in [1.165, 1.54) is 10.4 Å². The second-order valence-electron chi connectivity index (χ2n) is 3.89. The van der Waals surface area contributed by atoms with Crippen molar-refractivity contribution >= 4 is 23.7 Å². The molecule has 0 atom stereocenters. The van der Waals surface area contributed by atoms with Gasteiger partial charge < -0.3 is 5.32 Å². The summed E-state index contributed by atoms with van der Waals surface area (Å²) in [7, 11) is 0. The smallest absolute Gasteiger partial charge is 0.0518 e. The number of aromatic nitrogens is 2. The summed E-state index contributed by atoms with van der Waals surface area (Å²) in [5, 5.41) is 9.80. The number of hydrogen-bond acceptors (Lipinski definition) is 3. The summed E-state index contributed by atoms with van der Waals surface area (Å²) in [5.41, 5.74) is 1.23. The molecule has 0 unspecified atom stereocenters. The lowest BCUT2D eigenvalue weighted by molar-refractivity contribution is 0.544. The van der Waals surface area contributed by atoms with E-state index in [2.05, 4.69) is 41.0 Å². The standard InChI is InChI=1S/C12H17N3S.ClH/c1-11-8-14-15(10-11)6-3-5-13-9-12-4-2-7-16-12;/h2,4,7-8,10,13H,3,5-6,9H2,1H3;1H. The maximum Gasteiger partial charge on any atom is 0.0518 e. The van der Waals surface area contributed by atoms with Crippen LogP contribution in [0.15, 0.2) is 29.9 Å². The van der Waals surface area contributed by atoms with Gasteiger partial charge in [0.2, 0.25) is 0 Å². The monoisotopic (exact) mass is 271 g/mol. The van der Waals surface area contributed by atoms with Crippen molar-refractivity contribution in [1.82, 2.24) is 15.1 Å². The van der Waals surface area contributed by atoms with Gasteiger partial charge in [-0.1, -0.05) is 6.07 Å². The lowest BCUT2D eigenvalue weighted by Crippen LogP contribution is -2.15. The zero-order chi connectivity index (χ0) is 11.2. The van der Waals surface area contributed by atoms with E-state index < -0.39 is 0 Å². The summed E-state index contributed by atoms with van der Waals surface area (Å²) in [5.74, 6) is 0. The van der Waals surface area contributed by atoms with Crippen LogP contribution in [-0.4, -0.2) is 16.3 Å². The predicted octanol–water partition coefficient (Wildman–Crippen LogP) is 2.85. The van der Waals surface area contributed by atoms with E-state index in [0.717, 1.165) is 26.1 Å². The van der Waals surface area contributed by atoms with Gasteiger partial charge in [-0.3, -0.25) is 4.68 Å². The molecule has 0 amide bonds. The molecule has 2 heterocycles. The summed E-state index contributed by atoms with van der Waals surface area (Å²) in [6, 6.07) is 4.25. The minimum Gasteiger partial charge on any atom is -0.312 e. The number of aryl methyl sites for hydroxylation is 2. The van der Waals surface area contributed by atoms with Crippen molar-refractivity contribution in [2.24, 2.45) is 0 Å². The second-order valence-corrected chi connectivity index (χ2v) is 4.92. The van der Waals surface area contributed by atoms with E-state index >= 15 is 0 Å². The third kappa shape index (κ3) is 4.89. The number of nitrogens with zero attached hydrogens (tertiary/aromatic N) is 2. The summed E-state index contributed by atoms with van der Waals surface area (Å²) in [6.07, 6.45) is 5.10. The Kier molecular flexibility index (Phi) is 6.26. The highest BCUT2D eigenvalue weighted by Gasteiger charge is 1.95. The van der Waals surface area contributed by atoms with Gasteiger partial charge in [0.25, 0.3) is 0 Å². The van der Waals surface area contributed by atoms with E-state index in [1.54, 1.807) is 11.3 Å². The fraction of sp³-hybridized carbons (Fsp3) is 0.417. The van der Waals surface area contributed by atoms with Gasteiger partial charge >= 0.3 is 0 Å². The van der Waals surface area contributed by atoms with Crippen LogP contribution in [0.2, 0.25) is 0 Å². The molecule has 2 aromatic rings. The first-order valence-electron chi connectivity index (χ1n) is 5.57. The van der Waals surface area contributed by atoms with Crippen molar-refractivity contribution in [1.29, 1.82) is 0 Å². The summed E-state index contributed by atoms with van der Waals surface area (Å²) in [4.78, 5) is 1.40.